The van der Waals surface area contributed by atoms with Crippen LogP contribution in [-0.4, -0.2) is 23.7 Å². The Morgan fingerprint density at radius 3 is 1.38 bits per heavy atom. The highest BCUT2D eigenvalue weighted by atomic mass is 16.3. The Labute approximate surface area is 163 Å². The molecule has 0 spiro atoms. The van der Waals surface area contributed by atoms with Gasteiger partial charge in [0, 0.05) is 12.5 Å². The van der Waals surface area contributed by atoms with E-state index in [2.05, 4.69) is 12.2 Å². The molecular formula is C23H47NO2. The molecule has 0 aromatic carbocycles. The van der Waals surface area contributed by atoms with Crippen molar-refractivity contribution >= 4 is 5.91 Å². The van der Waals surface area contributed by atoms with Crippen LogP contribution in [0.5, 0.6) is 0 Å². The van der Waals surface area contributed by atoms with Gasteiger partial charge in [0.25, 0.3) is 0 Å². The van der Waals surface area contributed by atoms with E-state index in [9.17, 15) is 4.79 Å². The van der Waals surface area contributed by atoms with Crippen molar-refractivity contribution in [2.24, 2.45) is 0 Å². The van der Waals surface area contributed by atoms with Gasteiger partial charge in [-0.15, -0.1) is 0 Å². The van der Waals surface area contributed by atoms with Crippen molar-refractivity contribution in [1.29, 1.82) is 0 Å². The lowest BCUT2D eigenvalue weighted by Gasteiger charge is -2.10. The number of aliphatic hydroxyl groups excluding tert-OH is 1. The normalized spacial score (nSPS) is 12.3. The maximum absolute atomic E-state index is 11.6. The summed E-state index contributed by atoms with van der Waals surface area (Å²) in [5, 5.41) is 11.7. The van der Waals surface area contributed by atoms with Gasteiger partial charge in [0.1, 0.15) is 0 Å². The highest BCUT2D eigenvalue weighted by molar-refractivity contribution is 5.76. The number of carbonyl (C=O) groups excluding carboxylic acids is 1. The Bertz CT molecular complexity index is 294. The Morgan fingerprint density at radius 1 is 0.692 bits per heavy atom. The van der Waals surface area contributed by atoms with Crippen molar-refractivity contribution in [3.63, 3.8) is 0 Å². The second-order valence-corrected chi connectivity index (χ2v) is 8.06. The van der Waals surface area contributed by atoms with E-state index in [4.69, 9.17) is 5.11 Å². The summed E-state index contributed by atoms with van der Waals surface area (Å²) in [6.07, 6.45) is 23.7. The molecule has 26 heavy (non-hydrogen) atoms. The third-order valence-corrected chi connectivity index (χ3v) is 5.19. The first-order valence-electron chi connectivity index (χ1n) is 11.6. The van der Waals surface area contributed by atoms with Gasteiger partial charge in [0.15, 0.2) is 0 Å². The third-order valence-electron chi connectivity index (χ3n) is 5.19. The lowest BCUT2D eigenvalue weighted by Crippen LogP contribution is -2.34. The van der Waals surface area contributed by atoms with E-state index >= 15 is 0 Å². The van der Waals surface area contributed by atoms with Crippen molar-refractivity contribution in [3.8, 4) is 0 Å². The summed E-state index contributed by atoms with van der Waals surface area (Å²) in [7, 11) is 0. The van der Waals surface area contributed by atoms with E-state index in [1.165, 1.54) is 96.3 Å². The predicted octanol–water partition coefficient (Wildman–Crippen LogP) is 6.53. The van der Waals surface area contributed by atoms with Crippen LogP contribution in [0.2, 0.25) is 0 Å². The van der Waals surface area contributed by atoms with Crippen LogP contribution in [0.15, 0.2) is 0 Å². The molecule has 1 amide bonds. The topological polar surface area (TPSA) is 49.3 Å². The van der Waals surface area contributed by atoms with Crippen molar-refractivity contribution in [1.82, 2.24) is 5.32 Å². The average Bonchev–Trinajstić information content (AvgIpc) is 2.64. The van der Waals surface area contributed by atoms with Crippen LogP contribution in [0, 0.1) is 0 Å². The van der Waals surface area contributed by atoms with Crippen LogP contribution in [0.1, 0.15) is 129 Å². The molecule has 0 heterocycles. The van der Waals surface area contributed by atoms with E-state index in [-0.39, 0.29) is 18.6 Å². The van der Waals surface area contributed by atoms with E-state index in [1.807, 2.05) is 6.92 Å². The minimum atomic E-state index is -0.117. The molecule has 156 valence electrons. The summed E-state index contributed by atoms with van der Waals surface area (Å²) in [5.41, 5.74) is 0. The van der Waals surface area contributed by atoms with Crippen molar-refractivity contribution in [2.45, 2.75) is 135 Å². The van der Waals surface area contributed by atoms with Crippen molar-refractivity contribution < 1.29 is 9.90 Å². The second-order valence-electron chi connectivity index (χ2n) is 8.06. The quantitative estimate of drug-likeness (QED) is 0.240. The zero-order chi connectivity index (χ0) is 19.3. The van der Waals surface area contributed by atoms with Crippen LogP contribution >= 0.6 is 0 Å². The molecule has 1 unspecified atom stereocenters. The van der Waals surface area contributed by atoms with Gasteiger partial charge in [-0.1, -0.05) is 110 Å². The molecule has 0 aliphatic heterocycles. The van der Waals surface area contributed by atoms with Crippen LogP contribution in [0.25, 0.3) is 0 Å². The molecular weight excluding hydrogens is 322 g/mol. The van der Waals surface area contributed by atoms with Gasteiger partial charge in [-0.3, -0.25) is 4.79 Å². The summed E-state index contributed by atoms with van der Waals surface area (Å²) >= 11 is 0. The maximum Gasteiger partial charge on any atom is 0.220 e. The monoisotopic (exact) mass is 369 g/mol. The Balaban J connectivity index is 3.10. The molecule has 0 radical (unpaired) electrons. The molecule has 0 rings (SSSR count). The summed E-state index contributed by atoms with van der Waals surface area (Å²) in [6, 6.07) is -0.117. The Kier molecular flexibility index (Phi) is 20.3. The third kappa shape index (κ3) is 19.8. The zero-order valence-electron chi connectivity index (χ0n) is 17.9. The van der Waals surface area contributed by atoms with Gasteiger partial charge in [0.2, 0.25) is 5.91 Å². The smallest absolute Gasteiger partial charge is 0.220 e. The molecule has 0 fully saturated rings. The summed E-state index contributed by atoms with van der Waals surface area (Å²) in [6.45, 7) is 4.13. The first-order valence-corrected chi connectivity index (χ1v) is 11.6. The number of carbonyl (C=O) groups is 1. The largest absolute Gasteiger partial charge is 0.394 e. The van der Waals surface area contributed by atoms with Crippen LogP contribution < -0.4 is 5.32 Å². The standard InChI is InChI=1S/C23H47NO2/c1-3-4-5-6-7-8-9-10-11-12-13-14-15-16-17-18-19-20-23(26)24-22(2)21-25/h22,25H,3-21H2,1-2H3,(H,24,26). The maximum atomic E-state index is 11.6. The van der Waals surface area contributed by atoms with Gasteiger partial charge in [-0.25, -0.2) is 0 Å². The minimum Gasteiger partial charge on any atom is -0.394 e. The number of amides is 1. The first-order chi connectivity index (χ1) is 12.7. The minimum absolute atomic E-state index is 0.0186. The fourth-order valence-electron chi connectivity index (χ4n) is 3.40. The first kappa shape index (κ1) is 25.4. The molecule has 3 heteroatoms. The van der Waals surface area contributed by atoms with Crippen molar-refractivity contribution in [2.75, 3.05) is 6.61 Å². The number of unbranched alkanes of at least 4 members (excludes halogenated alkanes) is 16. The lowest BCUT2D eigenvalue weighted by atomic mass is 10.0. The van der Waals surface area contributed by atoms with E-state index < -0.39 is 0 Å². The zero-order valence-corrected chi connectivity index (χ0v) is 17.9. The number of hydrogen-bond acceptors (Lipinski definition) is 2. The summed E-state index contributed by atoms with van der Waals surface area (Å²) < 4.78 is 0. The van der Waals surface area contributed by atoms with E-state index in [0.717, 1.165) is 12.8 Å². The Hall–Kier alpha value is -0.570. The molecule has 0 aliphatic carbocycles. The lowest BCUT2D eigenvalue weighted by molar-refractivity contribution is -0.122. The molecule has 0 aromatic rings. The van der Waals surface area contributed by atoms with Gasteiger partial charge in [-0.05, 0) is 13.3 Å². The van der Waals surface area contributed by atoms with Gasteiger partial charge < -0.3 is 10.4 Å². The molecule has 0 aliphatic rings. The molecule has 3 nitrogen and oxygen atoms in total. The number of hydrogen-bond donors (Lipinski definition) is 2. The SMILES string of the molecule is CCCCCCCCCCCCCCCCCCCC(=O)NC(C)CO. The van der Waals surface area contributed by atoms with Gasteiger partial charge in [-0.2, -0.15) is 0 Å². The van der Waals surface area contributed by atoms with Gasteiger partial charge >= 0.3 is 0 Å². The van der Waals surface area contributed by atoms with Crippen LogP contribution in [-0.2, 0) is 4.79 Å². The van der Waals surface area contributed by atoms with E-state index in [1.54, 1.807) is 0 Å². The molecule has 0 bridgehead atoms. The van der Waals surface area contributed by atoms with Crippen molar-refractivity contribution in [3.05, 3.63) is 0 Å². The number of rotatable bonds is 20. The van der Waals surface area contributed by atoms with Crippen LogP contribution in [0.4, 0.5) is 0 Å². The van der Waals surface area contributed by atoms with Crippen LogP contribution in [0.3, 0.4) is 0 Å². The molecule has 0 saturated heterocycles. The molecule has 0 aromatic heterocycles. The average molecular weight is 370 g/mol. The number of aliphatic hydroxyl groups is 1. The second kappa shape index (κ2) is 20.7. The Morgan fingerprint density at radius 2 is 1.04 bits per heavy atom. The number of nitrogens with one attached hydrogen (secondary N) is 1. The predicted molar refractivity (Wildman–Crippen MR) is 113 cm³/mol. The highest BCUT2D eigenvalue weighted by Crippen LogP contribution is 2.14. The summed E-state index contributed by atoms with van der Waals surface area (Å²) in [4.78, 5) is 11.6. The molecule has 1 atom stereocenters. The van der Waals surface area contributed by atoms with Gasteiger partial charge in [0.05, 0.1) is 6.61 Å². The molecule has 0 saturated carbocycles. The van der Waals surface area contributed by atoms with E-state index in [0.29, 0.717) is 6.42 Å². The molecule has 2 N–H and O–H groups in total. The summed E-state index contributed by atoms with van der Waals surface area (Å²) in [5.74, 6) is 0.0764. The fraction of sp³-hybridized carbons (Fsp3) is 0.957. The fourth-order valence-corrected chi connectivity index (χ4v) is 3.40. The highest BCUT2D eigenvalue weighted by Gasteiger charge is 2.05.